The van der Waals surface area contributed by atoms with E-state index in [1.165, 1.54) is 0 Å². The summed E-state index contributed by atoms with van der Waals surface area (Å²) in [5, 5.41) is 2.59. The first-order valence-electron chi connectivity index (χ1n) is 5.86. The van der Waals surface area contributed by atoms with E-state index in [0.717, 1.165) is 19.1 Å². The number of carbonyl (C=O) groups excluding carboxylic acids is 3. The first-order chi connectivity index (χ1) is 9.56. The van der Waals surface area contributed by atoms with Gasteiger partial charge in [-0.2, -0.15) is 0 Å². The third kappa shape index (κ3) is 2.18. The number of carbonyl (C=O) groups is 3. The second kappa shape index (κ2) is 5.20. The van der Waals surface area contributed by atoms with E-state index in [9.17, 15) is 14.4 Å². The number of rotatable bonds is 3. The SMILES string of the molecule is COC(=O)C1(C(=O)OC)CN1C(=O)Nc1ccccc1. The lowest BCUT2D eigenvalue weighted by atomic mass is 10.1. The molecule has 1 fully saturated rings. The van der Waals surface area contributed by atoms with Crippen LogP contribution in [0.2, 0.25) is 0 Å². The van der Waals surface area contributed by atoms with Crippen LogP contribution in [0.25, 0.3) is 0 Å². The fraction of sp³-hybridized carbons (Fsp3) is 0.308. The number of urea groups is 1. The molecule has 0 saturated carbocycles. The number of anilines is 1. The molecule has 0 aromatic heterocycles. The number of esters is 2. The Labute approximate surface area is 115 Å². The number of methoxy groups -OCH3 is 2. The average Bonchev–Trinajstić information content (AvgIpc) is 3.23. The van der Waals surface area contributed by atoms with Crippen LogP contribution in [0.3, 0.4) is 0 Å². The van der Waals surface area contributed by atoms with Crippen molar-refractivity contribution in [3.63, 3.8) is 0 Å². The van der Waals surface area contributed by atoms with Gasteiger partial charge in [0.25, 0.3) is 5.54 Å². The van der Waals surface area contributed by atoms with Gasteiger partial charge in [0, 0.05) is 5.69 Å². The van der Waals surface area contributed by atoms with Gasteiger partial charge < -0.3 is 14.8 Å². The van der Waals surface area contributed by atoms with Crippen molar-refractivity contribution < 1.29 is 23.9 Å². The average molecular weight is 278 g/mol. The molecule has 0 aliphatic carbocycles. The Morgan fingerprint density at radius 3 is 2.15 bits per heavy atom. The van der Waals surface area contributed by atoms with Crippen LogP contribution >= 0.6 is 0 Å². The number of benzene rings is 1. The molecule has 2 rings (SSSR count). The highest BCUT2D eigenvalue weighted by Gasteiger charge is 2.69. The predicted molar refractivity (Wildman–Crippen MR) is 68.9 cm³/mol. The second-order valence-electron chi connectivity index (χ2n) is 4.23. The molecule has 20 heavy (non-hydrogen) atoms. The van der Waals surface area contributed by atoms with E-state index in [-0.39, 0.29) is 6.54 Å². The Hall–Kier alpha value is -2.57. The Balaban J connectivity index is 2.12. The lowest BCUT2D eigenvalue weighted by Crippen LogP contribution is -2.42. The molecule has 1 aliphatic heterocycles. The van der Waals surface area contributed by atoms with Crippen molar-refractivity contribution in [3.05, 3.63) is 30.3 Å². The van der Waals surface area contributed by atoms with E-state index >= 15 is 0 Å². The molecule has 106 valence electrons. The summed E-state index contributed by atoms with van der Waals surface area (Å²) in [4.78, 5) is 36.5. The molecule has 7 heteroatoms. The van der Waals surface area contributed by atoms with Gasteiger partial charge >= 0.3 is 18.0 Å². The summed E-state index contributed by atoms with van der Waals surface area (Å²) in [7, 11) is 2.30. The number of nitrogens with one attached hydrogen (secondary N) is 1. The van der Waals surface area contributed by atoms with Crippen LogP contribution in [0.15, 0.2) is 30.3 Å². The quantitative estimate of drug-likeness (QED) is 0.497. The van der Waals surface area contributed by atoms with Gasteiger partial charge in [-0.3, -0.25) is 4.90 Å². The number of amides is 2. The highest BCUT2D eigenvalue weighted by atomic mass is 16.6. The summed E-state index contributed by atoms with van der Waals surface area (Å²) in [5.74, 6) is -1.62. The summed E-state index contributed by atoms with van der Waals surface area (Å²) in [5.41, 5.74) is -1.10. The standard InChI is InChI=1S/C13H14N2O5/c1-19-10(16)13(11(17)20-2)8-15(13)12(18)14-9-6-4-3-5-7-9/h3-7H,8H2,1-2H3,(H,14,18). The molecule has 1 heterocycles. The summed E-state index contributed by atoms with van der Waals surface area (Å²) in [6.45, 7) is -0.0645. The maximum absolute atomic E-state index is 12.0. The van der Waals surface area contributed by atoms with Crippen molar-refractivity contribution in [1.82, 2.24) is 4.90 Å². The zero-order valence-corrected chi connectivity index (χ0v) is 11.1. The van der Waals surface area contributed by atoms with Crippen LogP contribution in [-0.2, 0) is 19.1 Å². The normalized spacial score (nSPS) is 15.2. The highest BCUT2D eigenvalue weighted by molar-refractivity contribution is 6.14. The van der Waals surface area contributed by atoms with Gasteiger partial charge in [0.05, 0.1) is 20.8 Å². The molecule has 0 unspecified atom stereocenters. The maximum atomic E-state index is 12.0. The molecular weight excluding hydrogens is 264 g/mol. The molecule has 0 radical (unpaired) electrons. The first-order valence-corrected chi connectivity index (χ1v) is 5.86. The Kier molecular flexibility index (Phi) is 3.60. The fourth-order valence-corrected chi connectivity index (χ4v) is 1.92. The minimum Gasteiger partial charge on any atom is -0.467 e. The first kappa shape index (κ1) is 13.9. The molecule has 1 aromatic rings. The van der Waals surface area contributed by atoms with Crippen LogP contribution in [0.5, 0.6) is 0 Å². The minimum atomic E-state index is -1.66. The van der Waals surface area contributed by atoms with Gasteiger partial charge in [0.15, 0.2) is 0 Å². The van der Waals surface area contributed by atoms with Crippen LogP contribution in [0.4, 0.5) is 10.5 Å². The second-order valence-corrected chi connectivity index (χ2v) is 4.23. The third-order valence-electron chi connectivity index (χ3n) is 3.06. The van der Waals surface area contributed by atoms with Crippen molar-refractivity contribution in [3.8, 4) is 0 Å². The number of ether oxygens (including phenoxy) is 2. The number of hydrogen-bond donors (Lipinski definition) is 1. The Bertz CT molecular complexity index is 527. The smallest absolute Gasteiger partial charge is 0.345 e. The van der Waals surface area contributed by atoms with Gasteiger partial charge in [-0.1, -0.05) is 18.2 Å². The van der Waals surface area contributed by atoms with E-state index in [1.54, 1.807) is 30.3 Å². The molecule has 1 aromatic carbocycles. The molecule has 0 atom stereocenters. The maximum Gasteiger partial charge on any atom is 0.345 e. The number of hydrogen-bond acceptors (Lipinski definition) is 5. The molecule has 2 amide bonds. The molecular formula is C13H14N2O5. The van der Waals surface area contributed by atoms with Crippen LogP contribution in [0, 0.1) is 0 Å². The Morgan fingerprint density at radius 1 is 1.10 bits per heavy atom. The van der Waals surface area contributed by atoms with E-state index in [0.29, 0.717) is 5.69 Å². The van der Waals surface area contributed by atoms with Gasteiger partial charge in [0.1, 0.15) is 0 Å². The summed E-state index contributed by atoms with van der Waals surface area (Å²) in [6, 6.07) is 8.14. The zero-order chi connectivity index (χ0) is 14.8. The molecule has 1 N–H and O–H groups in total. The summed E-state index contributed by atoms with van der Waals surface area (Å²) >= 11 is 0. The van der Waals surface area contributed by atoms with Crippen molar-refractivity contribution in [2.45, 2.75) is 5.54 Å². The van der Waals surface area contributed by atoms with Crippen molar-refractivity contribution in [2.24, 2.45) is 0 Å². The molecule has 7 nitrogen and oxygen atoms in total. The largest absolute Gasteiger partial charge is 0.467 e. The van der Waals surface area contributed by atoms with Crippen LogP contribution < -0.4 is 5.32 Å². The third-order valence-corrected chi connectivity index (χ3v) is 3.06. The van der Waals surface area contributed by atoms with Crippen molar-refractivity contribution in [2.75, 3.05) is 26.1 Å². The van der Waals surface area contributed by atoms with Gasteiger partial charge in [-0.05, 0) is 12.1 Å². The lowest BCUT2D eigenvalue weighted by molar-refractivity contribution is -0.157. The monoisotopic (exact) mass is 278 g/mol. The number of nitrogens with zero attached hydrogens (tertiary/aromatic N) is 1. The predicted octanol–water partition coefficient (Wildman–Crippen LogP) is 0.619. The number of para-hydroxylation sites is 1. The van der Waals surface area contributed by atoms with Gasteiger partial charge in [-0.25, -0.2) is 14.4 Å². The van der Waals surface area contributed by atoms with Crippen molar-refractivity contribution in [1.29, 1.82) is 0 Å². The fourth-order valence-electron chi connectivity index (χ4n) is 1.92. The Morgan fingerprint density at radius 2 is 1.65 bits per heavy atom. The lowest BCUT2D eigenvalue weighted by Gasteiger charge is -2.13. The summed E-state index contributed by atoms with van der Waals surface area (Å²) in [6.07, 6.45) is 0. The van der Waals surface area contributed by atoms with Gasteiger partial charge in [-0.15, -0.1) is 0 Å². The minimum absolute atomic E-state index is 0.0645. The molecule has 1 saturated heterocycles. The van der Waals surface area contributed by atoms with E-state index in [1.807, 2.05) is 0 Å². The molecule has 0 spiro atoms. The topological polar surface area (TPSA) is 84.7 Å². The molecule has 1 aliphatic rings. The highest BCUT2D eigenvalue weighted by Crippen LogP contribution is 2.35. The summed E-state index contributed by atoms with van der Waals surface area (Å²) < 4.78 is 9.14. The van der Waals surface area contributed by atoms with E-state index in [4.69, 9.17) is 0 Å². The van der Waals surface area contributed by atoms with Gasteiger partial charge in [0.2, 0.25) is 0 Å². The van der Waals surface area contributed by atoms with Crippen LogP contribution in [-0.4, -0.2) is 49.2 Å². The van der Waals surface area contributed by atoms with E-state index in [2.05, 4.69) is 14.8 Å². The van der Waals surface area contributed by atoms with E-state index < -0.39 is 23.5 Å². The zero-order valence-electron chi connectivity index (χ0n) is 11.1. The van der Waals surface area contributed by atoms with Crippen molar-refractivity contribution >= 4 is 23.7 Å². The van der Waals surface area contributed by atoms with Crippen LogP contribution in [0.1, 0.15) is 0 Å². The molecule has 0 bridgehead atoms.